The standard InChI is InChI=1S/C9H12F2Si/c1-8-4-2-3-5-9(8)6-7-12(10)11/h2-5,12H,6-7H2,1H3. The maximum absolute atomic E-state index is 12.0. The van der Waals surface area contributed by atoms with E-state index in [4.69, 9.17) is 0 Å². The molecule has 0 saturated carbocycles. The molecule has 0 heterocycles. The number of halogens is 2. The highest BCUT2D eigenvalue weighted by Gasteiger charge is 2.07. The lowest BCUT2D eigenvalue weighted by atomic mass is 10.1. The van der Waals surface area contributed by atoms with Crippen molar-refractivity contribution in [3.8, 4) is 0 Å². The van der Waals surface area contributed by atoms with Crippen LogP contribution in [0, 0.1) is 6.92 Å². The number of hydrogen-bond acceptors (Lipinski definition) is 0. The first-order chi connectivity index (χ1) is 5.70. The van der Waals surface area contributed by atoms with Gasteiger partial charge in [-0.2, -0.15) is 0 Å². The summed E-state index contributed by atoms with van der Waals surface area (Å²) in [6.07, 6.45) is 0.538. The summed E-state index contributed by atoms with van der Waals surface area (Å²) in [5.74, 6) is 0. The van der Waals surface area contributed by atoms with Gasteiger partial charge in [-0.25, -0.2) is 0 Å². The molecule has 0 bridgehead atoms. The Hall–Kier alpha value is -0.703. The Morgan fingerprint density at radius 3 is 2.50 bits per heavy atom. The Bertz CT molecular complexity index is 248. The normalized spacial score (nSPS) is 10.7. The van der Waals surface area contributed by atoms with Crippen molar-refractivity contribution in [1.82, 2.24) is 0 Å². The van der Waals surface area contributed by atoms with Crippen LogP contribution in [0.4, 0.5) is 8.22 Å². The van der Waals surface area contributed by atoms with Gasteiger partial charge >= 0.3 is 9.46 Å². The van der Waals surface area contributed by atoms with Crippen LogP contribution >= 0.6 is 0 Å². The third kappa shape index (κ3) is 2.74. The molecule has 0 atom stereocenters. The van der Waals surface area contributed by atoms with Crippen LogP contribution in [0.25, 0.3) is 0 Å². The van der Waals surface area contributed by atoms with Crippen LogP contribution in [0.15, 0.2) is 24.3 Å². The molecule has 0 unspecified atom stereocenters. The van der Waals surface area contributed by atoms with E-state index in [2.05, 4.69) is 0 Å². The lowest BCUT2D eigenvalue weighted by Gasteiger charge is -2.02. The molecule has 0 nitrogen and oxygen atoms in total. The van der Waals surface area contributed by atoms with E-state index in [1.165, 1.54) is 0 Å². The number of aryl methyl sites for hydroxylation is 2. The highest BCUT2D eigenvalue weighted by atomic mass is 28.4. The molecule has 1 aromatic carbocycles. The molecule has 0 aliphatic carbocycles. The Balaban J connectivity index is 2.57. The van der Waals surface area contributed by atoms with Crippen LogP contribution in [0.5, 0.6) is 0 Å². The molecular formula is C9H12F2Si. The van der Waals surface area contributed by atoms with Crippen molar-refractivity contribution in [1.29, 1.82) is 0 Å². The van der Waals surface area contributed by atoms with E-state index < -0.39 is 9.46 Å². The molecule has 0 saturated heterocycles. The Kier molecular flexibility index (Phi) is 3.41. The minimum absolute atomic E-state index is 0.102. The van der Waals surface area contributed by atoms with Gasteiger partial charge in [0.05, 0.1) is 0 Å². The summed E-state index contributed by atoms with van der Waals surface area (Å²) in [6.45, 7) is 1.96. The van der Waals surface area contributed by atoms with Gasteiger partial charge in [0.2, 0.25) is 0 Å². The minimum atomic E-state index is -3.36. The average Bonchev–Trinajstić information content (AvgIpc) is 2.03. The molecule has 0 aromatic heterocycles. The largest absolute Gasteiger partial charge is 0.411 e. The fourth-order valence-electron chi connectivity index (χ4n) is 1.16. The molecule has 0 aliphatic rings. The summed E-state index contributed by atoms with van der Waals surface area (Å²) in [5, 5.41) is 0. The summed E-state index contributed by atoms with van der Waals surface area (Å²) >= 11 is 0. The third-order valence-corrected chi connectivity index (χ3v) is 2.62. The molecule has 0 N–H and O–H groups in total. The first-order valence-corrected chi connectivity index (χ1v) is 5.71. The lowest BCUT2D eigenvalue weighted by Crippen LogP contribution is -1.99. The van der Waals surface area contributed by atoms with E-state index in [-0.39, 0.29) is 6.04 Å². The van der Waals surface area contributed by atoms with Crippen molar-refractivity contribution in [2.24, 2.45) is 0 Å². The third-order valence-electron chi connectivity index (χ3n) is 1.89. The summed E-state index contributed by atoms with van der Waals surface area (Å²) in [4.78, 5) is 0. The molecule has 12 heavy (non-hydrogen) atoms. The smallest absolute Gasteiger partial charge is 0.275 e. The van der Waals surface area contributed by atoms with Crippen LogP contribution in [-0.4, -0.2) is 9.46 Å². The predicted octanol–water partition coefficient (Wildman–Crippen LogP) is 2.70. The highest BCUT2D eigenvalue weighted by Crippen LogP contribution is 2.11. The van der Waals surface area contributed by atoms with Gasteiger partial charge in [0.25, 0.3) is 0 Å². The number of benzene rings is 1. The van der Waals surface area contributed by atoms with Gasteiger partial charge in [-0.05, 0) is 30.5 Å². The van der Waals surface area contributed by atoms with Crippen LogP contribution in [0.1, 0.15) is 11.1 Å². The lowest BCUT2D eigenvalue weighted by molar-refractivity contribution is 0.650. The van der Waals surface area contributed by atoms with Gasteiger partial charge in [0.15, 0.2) is 0 Å². The second-order valence-electron chi connectivity index (χ2n) is 2.86. The molecule has 3 heteroatoms. The van der Waals surface area contributed by atoms with Gasteiger partial charge in [-0.1, -0.05) is 24.3 Å². The van der Waals surface area contributed by atoms with Crippen molar-refractivity contribution >= 4 is 9.46 Å². The van der Waals surface area contributed by atoms with Crippen molar-refractivity contribution in [2.45, 2.75) is 19.4 Å². The Morgan fingerprint density at radius 2 is 1.92 bits per heavy atom. The van der Waals surface area contributed by atoms with E-state index >= 15 is 0 Å². The van der Waals surface area contributed by atoms with Gasteiger partial charge in [0.1, 0.15) is 0 Å². The van der Waals surface area contributed by atoms with Crippen LogP contribution in [0.2, 0.25) is 6.04 Å². The molecule has 0 fully saturated rings. The van der Waals surface area contributed by atoms with E-state index in [1.807, 2.05) is 31.2 Å². The van der Waals surface area contributed by atoms with E-state index in [1.54, 1.807) is 0 Å². The second-order valence-corrected chi connectivity index (χ2v) is 4.22. The average molecular weight is 186 g/mol. The monoisotopic (exact) mass is 186 g/mol. The molecule has 66 valence electrons. The first-order valence-electron chi connectivity index (χ1n) is 4.03. The topological polar surface area (TPSA) is 0 Å². The van der Waals surface area contributed by atoms with E-state index in [0.717, 1.165) is 11.1 Å². The second kappa shape index (κ2) is 4.35. The minimum Gasteiger partial charge on any atom is -0.275 e. The van der Waals surface area contributed by atoms with Crippen LogP contribution in [-0.2, 0) is 6.42 Å². The van der Waals surface area contributed by atoms with Crippen molar-refractivity contribution in [3.05, 3.63) is 35.4 Å². The molecule has 1 aromatic rings. The van der Waals surface area contributed by atoms with Crippen molar-refractivity contribution in [2.75, 3.05) is 0 Å². The molecular weight excluding hydrogens is 174 g/mol. The molecule has 0 aliphatic heterocycles. The highest BCUT2D eigenvalue weighted by molar-refractivity contribution is 6.42. The maximum Gasteiger partial charge on any atom is 0.411 e. The van der Waals surface area contributed by atoms with Gasteiger partial charge < -0.3 is 0 Å². The number of hydrogen-bond donors (Lipinski definition) is 0. The summed E-state index contributed by atoms with van der Waals surface area (Å²) < 4.78 is 24.0. The zero-order valence-corrected chi connectivity index (χ0v) is 8.21. The van der Waals surface area contributed by atoms with Crippen molar-refractivity contribution < 1.29 is 8.22 Å². The summed E-state index contributed by atoms with van der Waals surface area (Å²) in [6, 6.07) is 7.81. The van der Waals surface area contributed by atoms with Gasteiger partial charge in [-0.3, -0.25) is 8.22 Å². The fourth-order valence-corrected chi connectivity index (χ4v) is 1.68. The Morgan fingerprint density at radius 1 is 1.25 bits per heavy atom. The van der Waals surface area contributed by atoms with Gasteiger partial charge in [-0.15, -0.1) is 0 Å². The van der Waals surface area contributed by atoms with E-state index in [9.17, 15) is 8.22 Å². The van der Waals surface area contributed by atoms with E-state index in [0.29, 0.717) is 6.42 Å². The quantitative estimate of drug-likeness (QED) is 0.503. The van der Waals surface area contributed by atoms with Crippen LogP contribution < -0.4 is 0 Å². The van der Waals surface area contributed by atoms with Crippen molar-refractivity contribution in [3.63, 3.8) is 0 Å². The summed E-state index contributed by atoms with van der Waals surface area (Å²) in [5.41, 5.74) is 2.18. The first kappa shape index (κ1) is 9.39. The van der Waals surface area contributed by atoms with Crippen LogP contribution in [0.3, 0.4) is 0 Å². The maximum atomic E-state index is 12.0. The SMILES string of the molecule is Cc1ccccc1CC[SiH](F)F. The zero-order valence-electron chi connectivity index (χ0n) is 7.06. The molecule has 0 spiro atoms. The molecule has 0 radical (unpaired) electrons. The Labute approximate surface area is 73.2 Å². The summed E-state index contributed by atoms with van der Waals surface area (Å²) in [7, 11) is -3.36. The zero-order chi connectivity index (χ0) is 8.97. The molecule has 1 rings (SSSR count). The fraction of sp³-hybridized carbons (Fsp3) is 0.333. The predicted molar refractivity (Wildman–Crippen MR) is 49.1 cm³/mol. The molecule has 0 amide bonds. The van der Waals surface area contributed by atoms with Gasteiger partial charge in [0, 0.05) is 0 Å². The number of rotatable bonds is 3.